The first-order valence-electron chi connectivity index (χ1n) is 5.65. The van der Waals surface area contributed by atoms with Gasteiger partial charge in [-0.2, -0.15) is 0 Å². The van der Waals surface area contributed by atoms with Crippen LogP contribution in [-0.2, 0) is 0 Å². The lowest BCUT2D eigenvalue weighted by atomic mass is 9.80. The van der Waals surface area contributed by atoms with Crippen molar-refractivity contribution in [2.24, 2.45) is 11.3 Å². The Morgan fingerprint density at radius 3 is 2.07 bits per heavy atom. The second-order valence-corrected chi connectivity index (χ2v) is 5.00. The minimum atomic E-state index is -0.930. The zero-order chi connectivity index (χ0) is 12.1. The van der Waals surface area contributed by atoms with Gasteiger partial charge in [0, 0.05) is 0 Å². The maximum Gasteiger partial charge on any atom is 0.122 e. The van der Waals surface area contributed by atoms with Crippen LogP contribution in [0.1, 0.15) is 47.5 Å². The van der Waals surface area contributed by atoms with Crippen molar-refractivity contribution >= 4 is 0 Å². The topological polar surface area (TPSA) is 40.5 Å². The van der Waals surface area contributed by atoms with E-state index in [2.05, 4.69) is 11.8 Å². The predicted molar refractivity (Wildman–Crippen MR) is 63.3 cm³/mol. The van der Waals surface area contributed by atoms with E-state index in [-0.39, 0.29) is 12.5 Å². The minimum Gasteiger partial charge on any atom is -0.395 e. The van der Waals surface area contributed by atoms with Crippen LogP contribution in [0.25, 0.3) is 0 Å². The molecule has 0 saturated carbocycles. The van der Waals surface area contributed by atoms with Gasteiger partial charge in [-0.1, -0.05) is 39.0 Å². The average molecular weight is 212 g/mol. The van der Waals surface area contributed by atoms with Gasteiger partial charge in [0.1, 0.15) is 5.60 Å². The van der Waals surface area contributed by atoms with Crippen LogP contribution in [-0.4, -0.2) is 22.4 Å². The first-order chi connectivity index (χ1) is 6.77. The van der Waals surface area contributed by atoms with Gasteiger partial charge in [0.05, 0.1) is 12.0 Å². The van der Waals surface area contributed by atoms with Gasteiger partial charge in [-0.15, -0.1) is 0 Å². The Balaban J connectivity index is 4.75. The summed E-state index contributed by atoms with van der Waals surface area (Å²) in [5.74, 6) is 6.17. The fraction of sp³-hybridized carbons (Fsp3) is 0.846. The molecule has 2 nitrogen and oxygen atoms in total. The van der Waals surface area contributed by atoms with Gasteiger partial charge >= 0.3 is 0 Å². The molecule has 0 aromatic carbocycles. The van der Waals surface area contributed by atoms with E-state index >= 15 is 0 Å². The summed E-state index contributed by atoms with van der Waals surface area (Å²) in [6.45, 7) is 9.75. The van der Waals surface area contributed by atoms with Crippen molar-refractivity contribution in [2.75, 3.05) is 6.61 Å². The van der Waals surface area contributed by atoms with Crippen molar-refractivity contribution in [3.63, 3.8) is 0 Å². The Morgan fingerprint density at radius 1 is 1.20 bits per heavy atom. The van der Waals surface area contributed by atoms with Crippen LogP contribution in [0, 0.1) is 23.2 Å². The average Bonchev–Trinajstić information content (AvgIpc) is 2.14. The quantitative estimate of drug-likeness (QED) is 0.701. The summed E-state index contributed by atoms with van der Waals surface area (Å²) in [5.41, 5.74) is -1.35. The summed E-state index contributed by atoms with van der Waals surface area (Å²) in [6.07, 6.45) is 1.57. The third-order valence-corrected chi connectivity index (χ3v) is 2.96. The molecule has 0 saturated heterocycles. The summed E-state index contributed by atoms with van der Waals surface area (Å²) >= 11 is 0. The third-order valence-electron chi connectivity index (χ3n) is 2.96. The Hall–Kier alpha value is -0.520. The van der Waals surface area contributed by atoms with Gasteiger partial charge in [0.25, 0.3) is 0 Å². The van der Waals surface area contributed by atoms with Crippen LogP contribution in [0.4, 0.5) is 0 Å². The molecule has 0 amide bonds. The maximum atomic E-state index is 9.90. The number of hydrogen-bond acceptors (Lipinski definition) is 2. The SMILES string of the molecule is CCCC(C)(O)C#CC(C)(CO)C(C)C. The highest BCUT2D eigenvalue weighted by Crippen LogP contribution is 2.25. The molecule has 0 aliphatic heterocycles. The van der Waals surface area contributed by atoms with Crippen LogP contribution in [0.15, 0.2) is 0 Å². The molecule has 0 fully saturated rings. The normalized spacial score (nSPS) is 18.9. The molecule has 0 aliphatic carbocycles. The van der Waals surface area contributed by atoms with Gasteiger partial charge in [-0.25, -0.2) is 0 Å². The fourth-order valence-corrected chi connectivity index (χ4v) is 1.19. The molecule has 2 N–H and O–H groups in total. The lowest BCUT2D eigenvalue weighted by Crippen LogP contribution is -2.28. The minimum absolute atomic E-state index is 0.0277. The van der Waals surface area contributed by atoms with Crippen molar-refractivity contribution in [1.29, 1.82) is 0 Å². The molecule has 0 aromatic rings. The van der Waals surface area contributed by atoms with E-state index in [9.17, 15) is 10.2 Å². The van der Waals surface area contributed by atoms with E-state index in [1.165, 1.54) is 0 Å². The number of aliphatic hydroxyl groups excluding tert-OH is 1. The lowest BCUT2D eigenvalue weighted by molar-refractivity contribution is 0.109. The molecular weight excluding hydrogens is 188 g/mol. The van der Waals surface area contributed by atoms with E-state index in [0.29, 0.717) is 6.42 Å². The molecule has 0 rings (SSSR count). The maximum absolute atomic E-state index is 9.90. The van der Waals surface area contributed by atoms with Gasteiger partial charge in [0.2, 0.25) is 0 Å². The third kappa shape index (κ3) is 4.68. The van der Waals surface area contributed by atoms with E-state index in [4.69, 9.17) is 0 Å². The fourth-order valence-electron chi connectivity index (χ4n) is 1.19. The van der Waals surface area contributed by atoms with Crippen LogP contribution in [0.5, 0.6) is 0 Å². The first-order valence-corrected chi connectivity index (χ1v) is 5.65. The van der Waals surface area contributed by atoms with E-state index in [0.717, 1.165) is 6.42 Å². The van der Waals surface area contributed by atoms with Crippen molar-refractivity contribution < 1.29 is 10.2 Å². The van der Waals surface area contributed by atoms with Gasteiger partial charge in [0.15, 0.2) is 0 Å². The van der Waals surface area contributed by atoms with Gasteiger partial charge in [-0.3, -0.25) is 0 Å². The van der Waals surface area contributed by atoms with Gasteiger partial charge < -0.3 is 10.2 Å². The molecule has 0 radical (unpaired) electrons. The second-order valence-electron chi connectivity index (χ2n) is 5.00. The first kappa shape index (κ1) is 14.5. The highest BCUT2D eigenvalue weighted by atomic mass is 16.3. The molecule has 2 atom stereocenters. The largest absolute Gasteiger partial charge is 0.395 e. The standard InChI is InChI=1S/C13H24O2/c1-6-7-13(5,15)9-8-12(4,10-14)11(2)3/h11,14-15H,6-7,10H2,1-5H3. The Labute approximate surface area is 93.7 Å². The van der Waals surface area contributed by atoms with Crippen LogP contribution < -0.4 is 0 Å². The highest BCUT2D eigenvalue weighted by molar-refractivity contribution is 5.18. The van der Waals surface area contributed by atoms with Crippen LogP contribution >= 0.6 is 0 Å². The van der Waals surface area contributed by atoms with E-state index in [1.807, 2.05) is 27.7 Å². The summed E-state index contributed by atoms with van der Waals surface area (Å²) in [5, 5.41) is 19.2. The Morgan fingerprint density at radius 2 is 1.73 bits per heavy atom. The molecular formula is C13H24O2. The molecule has 0 spiro atoms. The van der Waals surface area contributed by atoms with Crippen LogP contribution in [0.3, 0.4) is 0 Å². The molecule has 2 unspecified atom stereocenters. The number of rotatable bonds is 4. The molecule has 0 aromatic heterocycles. The molecule has 15 heavy (non-hydrogen) atoms. The summed E-state index contributed by atoms with van der Waals surface area (Å²) in [4.78, 5) is 0. The predicted octanol–water partition coefficient (Wildman–Crippen LogP) is 2.20. The molecule has 2 heteroatoms. The molecule has 0 aliphatic rings. The second kappa shape index (κ2) is 5.53. The Bertz CT molecular complexity index is 245. The Kier molecular flexibility index (Phi) is 5.34. The van der Waals surface area contributed by atoms with E-state index < -0.39 is 11.0 Å². The number of hydrogen-bond donors (Lipinski definition) is 2. The van der Waals surface area contributed by atoms with Gasteiger partial charge in [-0.05, 0) is 26.2 Å². The lowest BCUT2D eigenvalue weighted by Gasteiger charge is -2.26. The monoisotopic (exact) mass is 212 g/mol. The molecule has 88 valence electrons. The van der Waals surface area contributed by atoms with Crippen molar-refractivity contribution in [3.8, 4) is 11.8 Å². The molecule has 0 heterocycles. The number of aliphatic hydroxyl groups is 2. The summed E-state index contributed by atoms with van der Waals surface area (Å²) < 4.78 is 0. The van der Waals surface area contributed by atoms with Crippen LogP contribution in [0.2, 0.25) is 0 Å². The molecule has 0 bridgehead atoms. The van der Waals surface area contributed by atoms with E-state index in [1.54, 1.807) is 6.92 Å². The zero-order valence-electron chi connectivity index (χ0n) is 10.6. The highest BCUT2D eigenvalue weighted by Gasteiger charge is 2.26. The zero-order valence-corrected chi connectivity index (χ0v) is 10.6. The van der Waals surface area contributed by atoms with Crippen molar-refractivity contribution in [1.82, 2.24) is 0 Å². The van der Waals surface area contributed by atoms with Crippen molar-refractivity contribution in [2.45, 2.75) is 53.1 Å². The summed E-state index contributed by atoms with van der Waals surface area (Å²) in [6, 6.07) is 0. The summed E-state index contributed by atoms with van der Waals surface area (Å²) in [7, 11) is 0. The van der Waals surface area contributed by atoms with Crippen molar-refractivity contribution in [3.05, 3.63) is 0 Å². The smallest absolute Gasteiger partial charge is 0.122 e.